The Labute approximate surface area is 250 Å². The maximum absolute atomic E-state index is 14.5. The van der Waals surface area contributed by atoms with Gasteiger partial charge in [-0.2, -0.15) is 13.2 Å². The maximum Gasteiger partial charge on any atom is 0.416 e. The molecule has 3 aromatic carbocycles. The minimum Gasteiger partial charge on any atom is -0.394 e. The molecule has 3 atom stereocenters. The van der Waals surface area contributed by atoms with Crippen molar-refractivity contribution in [2.75, 3.05) is 26.7 Å². The molecule has 2 heterocycles. The smallest absolute Gasteiger partial charge is 0.394 e. The Kier molecular flexibility index (Phi) is 8.96. The van der Waals surface area contributed by atoms with Crippen molar-refractivity contribution in [2.24, 2.45) is 13.0 Å². The third-order valence-electron chi connectivity index (χ3n) is 8.48. The SMILES string of the molecule is C[C@H](CO)N1C[C@H](C)[C@@H](CN(C)Cc2ccccc2C(F)(F)F)OCc2ccccc2-c2c(n(C)c3ccccc23)C1=O. The number of hydrogen-bond donors (Lipinski definition) is 1. The number of rotatable bonds is 6. The van der Waals surface area contributed by atoms with Crippen molar-refractivity contribution in [3.63, 3.8) is 0 Å². The molecule has 9 heteroatoms. The van der Waals surface area contributed by atoms with Crippen LogP contribution in [0.25, 0.3) is 22.0 Å². The van der Waals surface area contributed by atoms with E-state index >= 15 is 0 Å². The highest BCUT2D eigenvalue weighted by Crippen LogP contribution is 2.38. The molecule has 228 valence electrons. The summed E-state index contributed by atoms with van der Waals surface area (Å²) in [6, 6.07) is 20.9. The molecule has 6 nitrogen and oxygen atoms in total. The molecule has 0 unspecified atom stereocenters. The van der Waals surface area contributed by atoms with Crippen LogP contribution >= 0.6 is 0 Å². The van der Waals surface area contributed by atoms with Crippen LogP contribution < -0.4 is 0 Å². The van der Waals surface area contributed by atoms with Crippen molar-refractivity contribution in [3.8, 4) is 11.1 Å². The van der Waals surface area contributed by atoms with E-state index in [0.717, 1.165) is 33.7 Å². The van der Waals surface area contributed by atoms with Gasteiger partial charge in [-0.1, -0.05) is 67.6 Å². The number of alkyl halides is 3. The van der Waals surface area contributed by atoms with Gasteiger partial charge in [-0.3, -0.25) is 9.69 Å². The molecule has 0 spiro atoms. The Morgan fingerprint density at radius 3 is 2.47 bits per heavy atom. The zero-order valence-electron chi connectivity index (χ0n) is 24.9. The van der Waals surface area contributed by atoms with E-state index in [0.29, 0.717) is 18.8 Å². The molecule has 0 aliphatic carbocycles. The zero-order chi connectivity index (χ0) is 30.9. The summed E-state index contributed by atoms with van der Waals surface area (Å²) < 4.78 is 49.5. The van der Waals surface area contributed by atoms with Crippen molar-refractivity contribution in [3.05, 3.63) is 95.2 Å². The molecule has 0 saturated heterocycles. The molecule has 1 amide bonds. The standard InChI is InChI=1S/C34H38F3N3O3/c1-22-17-40(23(2)20-41)33(42)32-31(27-14-8-10-16-29(27)39(32)4)26-13-7-5-12-25(26)21-43-30(22)19-38(3)18-24-11-6-9-15-28(24)34(35,36)37/h5-16,22-23,30,41H,17-21H2,1-4H3/t22-,23+,30+/m0/s1. The first-order valence-electron chi connectivity index (χ1n) is 14.5. The van der Waals surface area contributed by atoms with Gasteiger partial charge >= 0.3 is 6.18 Å². The molecule has 43 heavy (non-hydrogen) atoms. The predicted molar refractivity (Wildman–Crippen MR) is 161 cm³/mol. The van der Waals surface area contributed by atoms with Gasteiger partial charge in [0, 0.05) is 49.1 Å². The molecule has 1 N–H and O–H groups in total. The van der Waals surface area contributed by atoms with E-state index in [1.807, 2.05) is 78.9 Å². The van der Waals surface area contributed by atoms with Gasteiger partial charge < -0.3 is 19.3 Å². The summed E-state index contributed by atoms with van der Waals surface area (Å²) in [4.78, 5) is 18.0. The second-order valence-electron chi connectivity index (χ2n) is 11.6. The van der Waals surface area contributed by atoms with Crippen LogP contribution in [0.2, 0.25) is 0 Å². The number of fused-ring (bicyclic) bond motifs is 5. The van der Waals surface area contributed by atoms with E-state index in [9.17, 15) is 23.1 Å². The number of aliphatic hydroxyl groups is 1. The van der Waals surface area contributed by atoms with Crippen LogP contribution in [-0.2, 0) is 31.1 Å². The third-order valence-corrected chi connectivity index (χ3v) is 8.48. The fraction of sp³-hybridized carbons (Fsp3) is 0.382. The first-order chi connectivity index (χ1) is 20.5. The molecule has 0 saturated carbocycles. The molecular weight excluding hydrogens is 555 g/mol. The molecule has 1 aliphatic heterocycles. The van der Waals surface area contributed by atoms with Crippen molar-refractivity contribution in [2.45, 2.75) is 45.3 Å². The largest absolute Gasteiger partial charge is 0.416 e. The maximum atomic E-state index is 14.5. The number of amides is 1. The molecule has 0 radical (unpaired) electrons. The van der Waals surface area contributed by atoms with Crippen LogP contribution in [0.15, 0.2) is 72.8 Å². The van der Waals surface area contributed by atoms with Crippen LogP contribution in [0.1, 0.15) is 41.0 Å². The van der Waals surface area contributed by atoms with E-state index in [1.54, 1.807) is 18.0 Å². The number of hydrogen-bond acceptors (Lipinski definition) is 4. The minimum atomic E-state index is -4.44. The molecular formula is C34H38F3N3O3. The fourth-order valence-corrected chi connectivity index (χ4v) is 6.12. The van der Waals surface area contributed by atoms with Gasteiger partial charge in [-0.15, -0.1) is 0 Å². The molecule has 0 bridgehead atoms. The fourth-order valence-electron chi connectivity index (χ4n) is 6.12. The summed E-state index contributed by atoms with van der Waals surface area (Å²) in [6.45, 7) is 4.59. The van der Waals surface area contributed by atoms with Crippen molar-refractivity contribution in [1.82, 2.24) is 14.4 Å². The summed E-state index contributed by atoms with van der Waals surface area (Å²) >= 11 is 0. The number of aromatic nitrogens is 1. The lowest BCUT2D eigenvalue weighted by Crippen LogP contribution is -2.47. The zero-order valence-corrected chi connectivity index (χ0v) is 24.9. The molecule has 5 rings (SSSR count). The van der Waals surface area contributed by atoms with Gasteiger partial charge in [-0.25, -0.2) is 0 Å². The predicted octanol–water partition coefficient (Wildman–Crippen LogP) is 6.35. The first kappa shape index (κ1) is 30.8. The highest BCUT2D eigenvalue weighted by molar-refractivity contribution is 6.10. The monoisotopic (exact) mass is 593 g/mol. The number of likely N-dealkylation sites (N-methyl/N-ethyl adjacent to an activating group) is 1. The first-order valence-corrected chi connectivity index (χ1v) is 14.5. The lowest BCUT2D eigenvalue weighted by atomic mass is 9.96. The lowest BCUT2D eigenvalue weighted by molar-refractivity contribution is -0.138. The summed E-state index contributed by atoms with van der Waals surface area (Å²) in [5, 5.41) is 11.1. The number of aliphatic hydroxyl groups excluding tert-OH is 1. The molecule has 1 aromatic heterocycles. The number of nitrogens with zero attached hydrogens (tertiary/aromatic N) is 3. The van der Waals surface area contributed by atoms with E-state index in [4.69, 9.17) is 4.74 Å². The number of halogens is 3. The Morgan fingerprint density at radius 1 is 1.05 bits per heavy atom. The van der Waals surface area contributed by atoms with Gasteiger partial charge in [0.2, 0.25) is 0 Å². The highest BCUT2D eigenvalue weighted by atomic mass is 19.4. The normalized spacial score (nSPS) is 18.8. The van der Waals surface area contributed by atoms with Gasteiger partial charge in [0.15, 0.2) is 0 Å². The minimum absolute atomic E-state index is 0.0893. The number of carbonyl (C=O) groups is 1. The third kappa shape index (κ3) is 6.20. The topological polar surface area (TPSA) is 57.9 Å². The van der Waals surface area contributed by atoms with Crippen LogP contribution in [0.4, 0.5) is 13.2 Å². The van der Waals surface area contributed by atoms with Gasteiger partial charge in [0.05, 0.1) is 30.9 Å². The number of benzene rings is 3. The number of aryl methyl sites for hydroxylation is 1. The van der Waals surface area contributed by atoms with Crippen molar-refractivity contribution < 1.29 is 27.8 Å². The number of para-hydroxylation sites is 1. The highest BCUT2D eigenvalue weighted by Gasteiger charge is 2.35. The Balaban J connectivity index is 1.55. The number of carbonyl (C=O) groups excluding carboxylic acids is 1. The van der Waals surface area contributed by atoms with E-state index in [1.165, 1.54) is 12.1 Å². The van der Waals surface area contributed by atoms with E-state index < -0.39 is 23.9 Å². The average Bonchev–Trinajstić information content (AvgIpc) is 3.28. The molecule has 1 aliphatic rings. The van der Waals surface area contributed by atoms with Gasteiger partial charge in [-0.05, 0) is 42.8 Å². The van der Waals surface area contributed by atoms with E-state index in [-0.39, 0.29) is 37.1 Å². The summed E-state index contributed by atoms with van der Waals surface area (Å²) in [7, 11) is 3.67. The Morgan fingerprint density at radius 2 is 1.72 bits per heavy atom. The molecule has 4 aromatic rings. The van der Waals surface area contributed by atoms with Crippen LogP contribution in [0.5, 0.6) is 0 Å². The second-order valence-corrected chi connectivity index (χ2v) is 11.6. The van der Waals surface area contributed by atoms with Crippen molar-refractivity contribution in [1.29, 1.82) is 0 Å². The second kappa shape index (κ2) is 12.5. The van der Waals surface area contributed by atoms with Crippen molar-refractivity contribution >= 4 is 16.8 Å². The van der Waals surface area contributed by atoms with Crippen LogP contribution in [0.3, 0.4) is 0 Å². The van der Waals surface area contributed by atoms with Crippen LogP contribution in [0, 0.1) is 5.92 Å². The summed E-state index contributed by atoms with van der Waals surface area (Å²) in [5.74, 6) is -0.383. The van der Waals surface area contributed by atoms with Crippen LogP contribution in [-0.4, -0.2) is 64.3 Å². The Bertz CT molecular complexity index is 1600. The summed E-state index contributed by atoms with van der Waals surface area (Å²) in [5.41, 5.74) is 3.64. The Hall–Kier alpha value is -3.66. The number of ether oxygens (including phenoxy) is 1. The van der Waals surface area contributed by atoms with Gasteiger partial charge in [0.25, 0.3) is 5.91 Å². The summed E-state index contributed by atoms with van der Waals surface area (Å²) in [6.07, 6.45) is -4.85. The van der Waals surface area contributed by atoms with Gasteiger partial charge in [0.1, 0.15) is 5.69 Å². The lowest BCUT2D eigenvalue weighted by Gasteiger charge is -2.35. The van der Waals surface area contributed by atoms with E-state index in [2.05, 4.69) is 0 Å². The molecule has 0 fully saturated rings. The quantitative estimate of drug-likeness (QED) is 0.283. The average molecular weight is 594 g/mol.